The molecule has 1 saturated heterocycles. The van der Waals surface area contributed by atoms with E-state index in [4.69, 9.17) is 4.74 Å². The molecule has 8 heteroatoms. The molecule has 4 atom stereocenters. The van der Waals surface area contributed by atoms with Crippen LogP contribution >= 0.6 is 15.9 Å². The summed E-state index contributed by atoms with van der Waals surface area (Å²) in [5.74, 6) is -3.06. The zero-order chi connectivity index (χ0) is 28.5. The van der Waals surface area contributed by atoms with Gasteiger partial charge in [0, 0.05) is 22.6 Å². The van der Waals surface area contributed by atoms with Gasteiger partial charge in [0.15, 0.2) is 23.1 Å². The number of phenolic OH excluding ortho intramolecular Hbond substituents is 1. The summed E-state index contributed by atoms with van der Waals surface area (Å²) in [6, 6.07) is 10.8. The van der Waals surface area contributed by atoms with E-state index in [1.807, 2.05) is 37.3 Å². The maximum Gasteiger partial charge on any atom is 0.238 e. The van der Waals surface area contributed by atoms with Crippen LogP contribution in [0, 0.1) is 17.8 Å². The number of hydrogen-bond acceptors (Lipinski definition) is 6. The number of amides is 2. The number of allylic oxidation sites excluding steroid dienone is 6. The Hall–Kier alpha value is -3.78. The molecule has 0 radical (unpaired) electrons. The van der Waals surface area contributed by atoms with Crippen molar-refractivity contribution in [3.8, 4) is 11.5 Å². The van der Waals surface area contributed by atoms with Gasteiger partial charge in [-0.15, -0.1) is 0 Å². The Bertz CT molecular complexity index is 1600. The second kappa shape index (κ2) is 9.70. The number of methoxy groups -OCH3 is 1. The number of nitrogens with zero attached hydrogens (tertiary/aromatic N) is 1. The van der Waals surface area contributed by atoms with Gasteiger partial charge >= 0.3 is 0 Å². The van der Waals surface area contributed by atoms with Crippen LogP contribution in [0.3, 0.4) is 0 Å². The number of carbonyl (C=O) groups is 4. The minimum absolute atomic E-state index is 0.0754. The molecule has 7 nitrogen and oxygen atoms in total. The number of fused-ring (bicyclic) bond motifs is 3. The SMILES string of the molecule is CCc1ccc(N2C(=O)C3CC=C4C(c5cc(Br)c(O)c(OC)c5)C5=C(CC4C3C2=O)C(=O)C(C)=CC5=O)cc1. The molecular weight excluding hydrogens is 574 g/mol. The lowest BCUT2D eigenvalue weighted by molar-refractivity contribution is -0.123. The van der Waals surface area contributed by atoms with Crippen molar-refractivity contribution in [3.63, 3.8) is 0 Å². The number of imide groups is 1. The smallest absolute Gasteiger partial charge is 0.238 e. The van der Waals surface area contributed by atoms with Gasteiger partial charge in [-0.1, -0.05) is 30.7 Å². The normalized spacial score (nSPS) is 25.9. The number of hydrogen-bond donors (Lipinski definition) is 1. The first-order valence-electron chi connectivity index (χ1n) is 13.4. The minimum atomic E-state index is -0.647. The Labute approximate surface area is 240 Å². The summed E-state index contributed by atoms with van der Waals surface area (Å²) in [6.07, 6.45) is 4.77. The zero-order valence-electron chi connectivity index (χ0n) is 22.4. The van der Waals surface area contributed by atoms with Gasteiger partial charge in [0.25, 0.3) is 0 Å². The van der Waals surface area contributed by atoms with Crippen LogP contribution < -0.4 is 9.64 Å². The van der Waals surface area contributed by atoms with Crippen molar-refractivity contribution in [1.29, 1.82) is 0 Å². The highest BCUT2D eigenvalue weighted by molar-refractivity contribution is 9.10. The minimum Gasteiger partial charge on any atom is -0.503 e. The number of ketones is 2. The fourth-order valence-electron chi connectivity index (χ4n) is 6.81. The van der Waals surface area contributed by atoms with Crippen LogP contribution in [-0.4, -0.2) is 35.6 Å². The van der Waals surface area contributed by atoms with Gasteiger partial charge in [-0.3, -0.25) is 24.1 Å². The second-order valence-corrected chi connectivity index (χ2v) is 11.7. The molecule has 2 amide bonds. The van der Waals surface area contributed by atoms with Gasteiger partial charge in [0.1, 0.15) is 0 Å². The van der Waals surface area contributed by atoms with Crippen molar-refractivity contribution in [2.75, 3.05) is 12.0 Å². The Morgan fingerprint density at radius 1 is 1.05 bits per heavy atom. The standard InChI is InChI=1S/C32H28BrNO6/c1-4-16-5-7-18(8-6-16)34-31(38)20-10-9-19-21(27(20)32(34)39)14-22-28(24(35)11-15(2)29(22)36)26(19)17-12-23(33)30(37)25(13-17)40-3/h5-9,11-13,20-21,26-27,37H,4,10,14H2,1-3H3. The summed E-state index contributed by atoms with van der Waals surface area (Å²) in [4.78, 5) is 55.8. The number of anilines is 1. The summed E-state index contributed by atoms with van der Waals surface area (Å²) in [6.45, 7) is 3.67. The molecule has 4 unspecified atom stereocenters. The Morgan fingerprint density at radius 3 is 2.45 bits per heavy atom. The van der Waals surface area contributed by atoms with E-state index in [1.54, 1.807) is 19.1 Å². The lowest BCUT2D eigenvalue weighted by Gasteiger charge is -2.42. The summed E-state index contributed by atoms with van der Waals surface area (Å²) in [5, 5.41) is 10.5. The molecule has 1 N–H and O–H groups in total. The van der Waals surface area contributed by atoms with E-state index >= 15 is 0 Å². The average molecular weight is 602 g/mol. The number of rotatable bonds is 4. The van der Waals surface area contributed by atoms with E-state index < -0.39 is 23.7 Å². The molecule has 1 aliphatic heterocycles. The van der Waals surface area contributed by atoms with Crippen LogP contribution in [0.4, 0.5) is 5.69 Å². The maximum absolute atomic E-state index is 14.0. The number of aromatic hydroxyl groups is 1. The molecule has 0 bridgehead atoms. The third-order valence-corrected chi connectivity index (χ3v) is 9.37. The maximum atomic E-state index is 14.0. The van der Waals surface area contributed by atoms with Gasteiger partial charge in [0.05, 0.1) is 29.1 Å². The highest BCUT2D eigenvalue weighted by Gasteiger charge is 2.56. The predicted octanol–water partition coefficient (Wildman–Crippen LogP) is 5.36. The number of aryl methyl sites for hydroxylation is 1. The molecule has 2 aromatic carbocycles. The summed E-state index contributed by atoms with van der Waals surface area (Å²) in [5.41, 5.74) is 4.30. The quantitative estimate of drug-likeness (QED) is 0.288. The van der Waals surface area contributed by atoms with E-state index in [1.165, 1.54) is 18.1 Å². The van der Waals surface area contributed by atoms with Gasteiger partial charge in [-0.2, -0.15) is 0 Å². The first kappa shape index (κ1) is 26.4. The molecule has 40 heavy (non-hydrogen) atoms. The number of halogens is 1. The van der Waals surface area contributed by atoms with Crippen molar-refractivity contribution in [1.82, 2.24) is 0 Å². The fraction of sp³-hybridized carbons (Fsp3) is 0.312. The van der Waals surface area contributed by atoms with E-state index in [0.29, 0.717) is 38.9 Å². The van der Waals surface area contributed by atoms with Crippen LogP contribution in [0.15, 0.2) is 75.3 Å². The van der Waals surface area contributed by atoms with E-state index in [-0.39, 0.29) is 41.3 Å². The monoisotopic (exact) mass is 601 g/mol. The molecule has 6 rings (SSSR count). The predicted molar refractivity (Wildman–Crippen MR) is 152 cm³/mol. The molecule has 2 aromatic rings. The van der Waals surface area contributed by atoms with E-state index in [0.717, 1.165) is 17.6 Å². The highest BCUT2D eigenvalue weighted by Crippen LogP contribution is 2.56. The second-order valence-electron chi connectivity index (χ2n) is 10.8. The van der Waals surface area contributed by atoms with Gasteiger partial charge in [-0.25, -0.2) is 0 Å². The Kier molecular flexibility index (Phi) is 6.41. The molecule has 3 aliphatic carbocycles. The third-order valence-electron chi connectivity index (χ3n) is 8.77. The topological polar surface area (TPSA) is 101 Å². The first-order chi connectivity index (χ1) is 19.2. The Morgan fingerprint density at radius 2 is 1.77 bits per heavy atom. The largest absolute Gasteiger partial charge is 0.503 e. The summed E-state index contributed by atoms with van der Waals surface area (Å²) < 4.78 is 5.77. The molecule has 0 spiro atoms. The van der Waals surface area contributed by atoms with Crippen LogP contribution in [0.5, 0.6) is 11.5 Å². The van der Waals surface area contributed by atoms with Crippen molar-refractivity contribution < 1.29 is 29.0 Å². The summed E-state index contributed by atoms with van der Waals surface area (Å²) in [7, 11) is 1.44. The number of carbonyl (C=O) groups excluding carboxylic acids is 4. The number of ether oxygens (including phenoxy) is 1. The first-order valence-corrected chi connectivity index (χ1v) is 14.2. The van der Waals surface area contributed by atoms with E-state index in [9.17, 15) is 24.3 Å². The van der Waals surface area contributed by atoms with Crippen LogP contribution in [-0.2, 0) is 25.6 Å². The highest BCUT2D eigenvalue weighted by atomic mass is 79.9. The van der Waals surface area contributed by atoms with Gasteiger partial charge < -0.3 is 9.84 Å². The lowest BCUT2D eigenvalue weighted by Crippen LogP contribution is -2.39. The third kappa shape index (κ3) is 3.84. The molecule has 0 saturated carbocycles. The van der Waals surface area contributed by atoms with Gasteiger partial charge in [-0.05, 0) is 89.5 Å². The molecule has 4 aliphatic rings. The average Bonchev–Trinajstić information content (AvgIpc) is 3.21. The molecule has 1 heterocycles. The van der Waals surface area contributed by atoms with Crippen molar-refractivity contribution >= 4 is 45.0 Å². The number of benzene rings is 2. The molecule has 0 aromatic heterocycles. The van der Waals surface area contributed by atoms with Gasteiger partial charge in [0.2, 0.25) is 11.8 Å². The zero-order valence-corrected chi connectivity index (χ0v) is 23.9. The molecule has 1 fully saturated rings. The molecular formula is C32H28BrNO6. The molecule has 204 valence electrons. The lowest BCUT2D eigenvalue weighted by atomic mass is 9.59. The van der Waals surface area contributed by atoms with Crippen LogP contribution in [0.1, 0.15) is 43.7 Å². The number of Topliss-reactive ketones (excluding diaryl/α,β-unsaturated/α-hetero) is 1. The van der Waals surface area contributed by atoms with Crippen LogP contribution in [0.2, 0.25) is 0 Å². The Balaban J connectivity index is 1.49. The van der Waals surface area contributed by atoms with Crippen LogP contribution in [0.25, 0.3) is 0 Å². The fourth-order valence-corrected chi connectivity index (χ4v) is 7.27. The summed E-state index contributed by atoms with van der Waals surface area (Å²) >= 11 is 3.39. The van der Waals surface area contributed by atoms with Crippen molar-refractivity contribution in [2.45, 2.75) is 39.0 Å². The number of phenols is 1. The van der Waals surface area contributed by atoms with Crippen molar-refractivity contribution in [2.24, 2.45) is 17.8 Å². The van der Waals surface area contributed by atoms with E-state index in [2.05, 4.69) is 15.9 Å². The van der Waals surface area contributed by atoms with Crippen molar-refractivity contribution in [3.05, 3.63) is 86.4 Å².